The number of alkyl halides is 6. The van der Waals surface area contributed by atoms with Crippen molar-refractivity contribution in [1.82, 2.24) is 19.6 Å². The number of nitrogens with one attached hydrogen (secondary N) is 2. The molecule has 2 heterocycles. The Balaban J connectivity index is 0.00000405. The maximum Gasteiger partial charge on any atom is 0.433 e. The Hall–Kier alpha value is -4.20. The Morgan fingerprint density at radius 2 is 1.05 bits per heavy atom. The summed E-state index contributed by atoms with van der Waals surface area (Å²) in [6, 6.07) is 17.6. The minimum absolute atomic E-state index is 0. The highest BCUT2D eigenvalue weighted by Crippen LogP contribution is 2.44. The van der Waals surface area contributed by atoms with Crippen LogP contribution in [0.1, 0.15) is 34.0 Å². The monoisotopic (exact) mass is 630 g/mol. The molecule has 0 saturated heterocycles. The molecule has 4 N–H and O–H groups in total. The quantitative estimate of drug-likeness (QED) is 0.221. The highest BCUT2D eigenvalue weighted by Gasteiger charge is 2.47. The fourth-order valence-corrected chi connectivity index (χ4v) is 5.09. The van der Waals surface area contributed by atoms with Gasteiger partial charge in [-0.3, -0.25) is 19.8 Å². The zero-order valence-electron chi connectivity index (χ0n) is 20.8. The number of hydrogen-bond donors (Lipinski definition) is 2. The van der Waals surface area contributed by atoms with E-state index in [9.17, 15) is 35.9 Å². The number of hydrogen-bond acceptors (Lipinski definition) is 2. The topological polar surface area (TPSA) is 107 Å². The predicted octanol–water partition coefficient (Wildman–Crippen LogP) is 6.34. The highest BCUT2D eigenvalue weighted by atomic mass is 35.5. The number of aromatic nitrogens is 4. The third-order valence-corrected chi connectivity index (χ3v) is 6.86. The summed E-state index contributed by atoms with van der Waals surface area (Å²) in [6.07, 6.45) is -10.5. The van der Waals surface area contributed by atoms with Crippen molar-refractivity contribution in [2.24, 2.45) is 0 Å². The average Bonchev–Trinajstić information content (AvgIpc) is 3.44. The van der Waals surface area contributed by atoms with Gasteiger partial charge in [-0.05, 0) is 42.0 Å². The minimum Gasteiger partial charge on any atom is -0.412 e. The fourth-order valence-electron chi connectivity index (χ4n) is 4.58. The van der Waals surface area contributed by atoms with E-state index >= 15 is 0 Å². The molecule has 0 unspecified atom stereocenters. The number of aromatic amines is 2. The van der Waals surface area contributed by atoms with Gasteiger partial charge in [-0.1, -0.05) is 65.7 Å². The van der Waals surface area contributed by atoms with Crippen LogP contribution in [0.25, 0.3) is 11.4 Å². The van der Waals surface area contributed by atoms with E-state index in [0.717, 1.165) is 12.1 Å². The lowest BCUT2D eigenvalue weighted by Crippen LogP contribution is -2.27. The van der Waals surface area contributed by atoms with Gasteiger partial charge < -0.3 is 5.48 Å². The summed E-state index contributed by atoms with van der Waals surface area (Å²) in [6.45, 7) is 0. The molecule has 0 bridgehead atoms. The molecule has 0 aliphatic rings. The zero-order chi connectivity index (χ0) is 29.7. The molecule has 2 aromatic heterocycles. The van der Waals surface area contributed by atoms with Gasteiger partial charge in [0.1, 0.15) is 11.4 Å². The van der Waals surface area contributed by atoms with Crippen molar-refractivity contribution in [1.29, 1.82) is 0 Å². The summed E-state index contributed by atoms with van der Waals surface area (Å²) in [7, 11) is 0. The lowest BCUT2D eigenvalue weighted by atomic mass is 9.84. The first-order valence-corrected chi connectivity index (χ1v) is 12.4. The zero-order valence-corrected chi connectivity index (χ0v) is 22.3. The fraction of sp³-hybridized carbons (Fsp3) is 0.111. The third kappa shape index (κ3) is 5.50. The van der Waals surface area contributed by atoms with Crippen LogP contribution in [0.15, 0.2) is 88.5 Å². The molecule has 5 rings (SSSR count). The number of H-pyrrole nitrogens is 2. The van der Waals surface area contributed by atoms with Gasteiger partial charge in [0.25, 0.3) is 11.1 Å². The van der Waals surface area contributed by atoms with Gasteiger partial charge >= 0.3 is 12.4 Å². The van der Waals surface area contributed by atoms with Crippen LogP contribution >= 0.6 is 23.2 Å². The van der Waals surface area contributed by atoms with Crippen LogP contribution < -0.4 is 11.1 Å². The molecular weight excluding hydrogens is 613 g/mol. The van der Waals surface area contributed by atoms with Crippen LogP contribution in [0, 0.1) is 0 Å². The van der Waals surface area contributed by atoms with Crippen molar-refractivity contribution >= 4 is 23.2 Å². The number of rotatable bonds is 5. The summed E-state index contributed by atoms with van der Waals surface area (Å²) in [5.41, 5.74) is -8.72. The highest BCUT2D eigenvalue weighted by molar-refractivity contribution is 6.35. The Labute approximate surface area is 241 Å². The van der Waals surface area contributed by atoms with E-state index in [1.165, 1.54) is 54.6 Å². The van der Waals surface area contributed by atoms with Crippen molar-refractivity contribution in [3.63, 3.8) is 0 Å². The second-order valence-electron chi connectivity index (χ2n) is 8.85. The van der Waals surface area contributed by atoms with Gasteiger partial charge in [0.15, 0.2) is 0 Å². The van der Waals surface area contributed by atoms with Crippen LogP contribution in [0.5, 0.6) is 0 Å². The van der Waals surface area contributed by atoms with E-state index < -0.39 is 51.9 Å². The van der Waals surface area contributed by atoms with Gasteiger partial charge in [0.05, 0.1) is 28.4 Å². The van der Waals surface area contributed by atoms with Crippen molar-refractivity contribution in [3.8, 4) is 11.4 Å². The molecule has 0 aliphatic carbocycles. The predicted molar refractivity (Wildman–Crippen MR) is 144 cm³/mol. The molecule has 0 saturated carbocycles. The summed E-state index contributed by atoms with van der Waals surface area (Å²) in [5.74, 6) is -2.23. The second kappa shape index (κ2) is 11.2. The molecule has 0 amide bonds. The molecule has 7 nitrogen and oxygen atoms in total. The van der Waals surface area contributed by atoms with Crippen molar-refractivity contribution in [2.75, 3.05) is 0 Å². The lowest BCUT2D eigenvalue weighted by molar-refractivity contribution is -0.142. The SMILES string of the molecule is O.O=c1c(C(c2ccc(Cl)cc2Cl)c2c(C(F)(F)F)[nH]n(-c3ccccc3)c2=O)c(C(F)(F)F)[nH]n1-c1ccccc1. The summed E-state index contributed by atoms with van der Waals surface area (Å²) < 4.78 is 87.9. The maximum absolute atomic E-state index is 14.5. The number of benzene rings is 3. The lowest BCUT2D eigenvalue weighted by Gasteiger charge is -2.20. The summed E-state index contributed by atoms with van der Waals surface area (Å²) in [4.78, 5) is 27.4. The standard InChI is InChI=1S/C27H16Cl2F6N4O2.H2O/c28-14-11-12-17(18(29)13-14)19(20-22(26(30,31)32)36-38(24(20)40)15-7-3-1-4-8-15)21-23(27(33,34)35)37-39(25(21)41)16-9-5-2-6-10-16;/h1-13,19,36-37H;1H2. The van der Waals surface area contributed by atoms with Gasteiger partial charge in [0, 0.05) is 10.0 Å². The Kier molecular flexibility index (Phi) is 8.22. The minimum atomic E-state index is -5.25. The molecule has 3 aromatic carbocycles. The Morgan fingerprint density at radius 1 is 0.643 bits per heavy atom. The second-order valence-corrected chi connectivity index (χ2v) is 9.69. The smallest absolute Gasteiger partial charge is 0.412 e. The summed E-state index contributed by atoms with van der Waals surface area (Å²) in [5, 5.41) is 3.63. The molecule has 0 atom stereocenters. The maximum atomic E-state index is 14.5. The normalized spacial score (nSPS) is 12.0. The third-order valence-electron chi connectivity index (χ3n) is 6.30. The first-order valence-electron chi connectivity index (χ1n) is 11.7. The van der Waals surface area contributed by atoms with Crippen molar-refractivity contribution in [3.05, 3.63) is 138 Å². The van der Waals surface area contributed by atoms with Crippen LogP contribution in [-0.4, -0.2) is 25.0 Å². The first-order chi connectivity index (χ1) is 19.3. The molecule has 0 fully saturated rings. The Bertz CT molecular complexity index is 1730. The van der Waals surface area contributed by atoms with Gasteiger partial charge in [-0.15, -0.1) is 0 Å². The van der Waals surface area contributed by atoms with E-state index in [-0.39, 0.29) is 32.5 Å². The molecular formula is C27H18Cl2F6N4O3. The first kappa shape index (κ1) is 30.8. The molecule has 5 aromatic rings. The van der Waals surface area contributed by atoms with Gasteiger partial charge in [0.2, 0.25) is 0 Å². The van der Waals surface area contributed by atoms with E-state index in [1.54, 1.807) is 12.1 Å². The largest absolute Gasteiger partial charge is 0.433 e. The molecule has 0 spiro atoms. The van der Waals surface area contributed by atoms with Crippen LogP contribution in [-0.2, 0) is 12.4 Å². The van der Waals surface area contributed by atoms with Gasteiger partial charge in [-0.25, -0.2) is 9.36 Å². The van der Waals surface area contributed by atoms with Crippen molar-refractivity contribution < 1.29 is 31.8 Å². The molecule has 15 heteroatoms. The van der Waals surface area contributed by atoms with E-state index in [2.05, 4.69) is 0 Å². The van der Waals surface area contributed by atoms with E-state index in [1.807, 2.05) is 10.2 Å². The number of halogens is 8. The number of para-hydroxylation sites is 2. The summed E-state index contributed by atoms with van der Waals surface area (Å²) >= 11 is 12.3. The van der Waals surface area contributed by atoms with Crippen molar-refractivity contribution in [2.45, 2.75) is 18.3 Å². The van der Waals surface area contributed by atoms with Crippen LogP contribution in [0.2, 0.25) is 10.0 Å². The van der Waals surface area contributed by atoms with Gasteiger partial charge in [-0.2, -0.15) is 26.3 Å². The number of nitrogens with zero attached hydrogens (tertiary/aromatic N) is 2. The molecule has 0 radical (unpaired) electrons. The molecule has 220 valence electrons. The van der Waals surface area contributed by atoms with E-state index in [0.29, 0.717) is 9.36 Å². The van der Waals surface area contributed by atoms with Crippen LogP contribution in [0.3, 0.4) is 0 Å². The molecule has 42 heavy (non-hydrogen) atoms. The van der Waals surface area contributed by atoms with E-state index in [4.69, 9.17) is 23.2 Å². The Morgan fingerprint density at radius 3 is 1.40 bits per heavy atom. The average molecular weight is 631 g/mol. The molecule has 0 aliphatic heterocycles. The van der Waals surface area contributed by atoms with Crippen LogP contribution in [0.4, 0.5) is 26.3 Å².